The Morgan fingerprint density at radius 2 is 1.81 bits per heavy atom. The largest absolute Gasteiger partial charge is 0.506 e. The zero-order chi connectivity index (χ0) is 15.6. The van der Waals surface area contributed by atoms with Crippen LogP contribution in [0.1, 0.15) is 38.8 Å². The van der Waals surface area contributed by atoms with Crippen molar-refractivity contribution in [2.45, 2.75) is 33.1 Å². The summed E-state index contributed by atoms with van der Waals surface area (Å²) >= 11 is 1.54. The first-order valence-corrected chi connectivity index (χ1v) is 7.85. The van der Waals surface area contributed by atoms with Crippen molar-refractivity contribution in [3.63, 3.8) is 0 Å². The molecule has 112 valence electrons. The molecule has 21 heavy (non-hydrogen) atoms. The van der Waals surface area contributed by atoms with Crippen LogP contribution in [0.5, 0.6) is 5.75 Å². The molecule has 2 N–H and O–H groups in total. The fraction of sp³-hybridized carbons (Fsp3) is 0.353. The average Bonchev–Trinajstić information content (AvgIpc) is 2.80. The summed E-state index contributed by atoms with van der Waals surface area (Å²) in [5, 5.41) is 16.5. The van der Waals surface area contributed by atoms with Crippen LogP contribution in [0.2, 0.25) is 0 Å². The van der Waals surface area contributed by atoms with E-state index in [1.165, 1.54) is 16.9 Å². The Hall–Kier alpha value is -1.81. The van der Waals surface area contributed by atoms with Crippen LogP contribution in [-0.4, -0.2) is 17.9 Å². The van der Waals surface area contributed by atoms with Crippen LogP contribution in [-0.2, 0) is 5.41 Å². The van der Waals surface area contributed by atoms with Crippen LogP contribution < -0.4 is 5.43 Å². The van der Waals surface area contributed by atoms with Gasteiger partial charge in [0, 0.05) is 12.4 Å². The van der Waals surface area contributed by atoms with Crippen LogP contribution in [0.15, 0.2) is 34.7 Å². The maximum absolute atomic E-state index is 10.4. The Kier molecular flexibility index (Phi) is 4.37. The van der Waals surface area contributed by atoms with E-state index in [0.29, 0.717) is 5.75 Å². The Labute approximate surface area is 130 Å². The van der Waals surface area contributed by atoms with Crippen LogP contribution in [0.4, 0.5) is 0 Å². The zero-order valence-corrected chi connectivity index (χ0v) is 14.0. The first kappa shape index (κ1) is 15.6. The third kappa shape index (κ3) is 3.27. The summed E-state index contributed by atoms with van der Waals surface area (Å²) in [6.45, 7) is 8.46. The monoisotopic (exact) mass is 302 g/mol. The number of rotatable bonds is 3. The molecule has 0 unspecified atom stereocenters. The molecule has 1 heterocycles. The van der Waals surface area contributed by atoms with Crippen molar-refractivity contribution in [3.05, 3.63) is 40.8 Å². The van der Waals surface area contributed by atoms with E-state index in [4.69, 9.17) is 0 Å². The van der Waals surface area contributed by atoms with Gasteiger partial charge in [-0.15, -0.1) is 11.3 Å². The average molecular weight is 302 g/mol. The second-order valence-corrected chi connectivity index (χ2v) is 6.95. The van der Waals surface area contributed by atoms with Crippen LogP contribution >= 0.6 is 11.3 Å². The lowest BCUT2D eigenvalue weighted by molar-refractivity contribution is 0.478. The molecule has 0 atom stereocenters. The number of hydrazone groups is 1. The summed E-state index contributed by atoms with van der Waals surface area (Å²) in [6.07, 6.45) is 0. The van der Waals surface area contributed by atoms with E-state index in [1.54, 1.807) is 7.05 Å². The van der Waals surface area contributed by atoms with E-state index in [0.717, 1.165) is 21.7 Å². The van der Waals surface area contributed by atoms with E-state index in [2.05, 4.69) is 55.6 Å². The summed E-state index contributed by atoms with van der Waals surface area (Å²) in [7, 11) is 1.75. The van der Waals surface area contributed by atoms with Gasteiger partial charge in [-0.3, -0.25) is 0 Å². The number of nitrogens with zero attached hydrogens (tertiary/aromatic N) is 1. The van der Waals surface area contributed by atoms with E-state index in [-0.39, 0.29) is 5.41 Å². The second kappa shape index (κ2) is 5.90. The van der Waals surface area contributed by atoms with Crippen LogP contribution in [0, 0.1) is 0 Å². The van der Waals surface area contributed by atoms with Crippen molar-refractivity contribution in [2.24, 2.45) is 5.10 Å². The quantitative estimate of drug-likeness (QED) is 0.653. The predicted molar refractivity (Wildman–Crippen MR) is 91.4 cm³/mol. The van der Waals surface area contributed by atoms with Crippen LogP contribution in [0.25, 0.3) is 10.4 Å². The van der Waals surface area contributed by atoms with Gasteiger partial charge in [0.25, 0.3) is 0 Å². The fourth-order valence-corrected chi connectivity index (χ4v) is 3.17. The number of aromatic hydroxyl groups is 1. The third-order valence-corrected chi connectivity index (χ3v) is 4.47. The molecule has 3 nitrogen and oxygen atoms in total. The fourth-order valence-electron chi connectivity index (χ4n) is 2.16. The highest BCUT2D eigenvalue weighted by Gasteiger charge is 2.16. The minimum Gasteiger partial charge on any atom is -0.506 e. The van der Waals surface area contributed by atoms with Crippen molar-refractivity contribution >= 4 is 17.0 Å². The van der Waals surface area contributed by atoms with Gasteiger partial charge in [0.15, 0.2) is 0 Å². The van der Waals surface area contributed by atoms with E-state index in [9.17, 15) is 5.11 Å². The highest BCUT2D eigenvalue weighted by atomic mass is 32.1. The van der Waals surface area contributed by atoms with Crippen molar-refractivity contribution in [3.8, 4) is 16.2 Å². The topological polar surface area (TPSA) is 44.6 Å². The lowest BCUT2D eigenvalue weighted by Crippen LogP contribution is -2.10. The normalized spacial score (nSPS) is 12.5. The number of hydrogen-bond acceptors (Lipinski definition) is 4. The molecule has 0 amide bonds. The summed E-state index contributed by atoms with van der Waals surface area (Å²) in [5.74, 6) is 0.306. The maximum atomic E-state index is 10.4. The van der Waals surface area contributed by atoms with Gasteiger partial charge in [-0.05, 0) is 23.5 Å². The molecule has 0 spiro atoms. The van der Waals surface area contributed by atoms with Gasteiger partial charge in [-0.1, -0.05) is 45.0 Å². The first-order valence-electron chi connectivity index (χ1n) is 6.97. The molecular formula is C17H22N2OS. The number of nitrogens with one attached hydrogen (secondary N) is 1. The van der Waals surface area contributed by atoms with Gasteiger partial charge < -0.3 is 10.5 Å². The molecule has 0 saturated heterocycles. The van der Waals surface area contributed by atoms with Gasteiger partial charge in [-0.25, -0.2) is 0 Å². The number of thiophene rings is 1. The smallest absolute Gasteiger partial charge is 0.143 e. The van der Waals surface area contributed by atoms with E-state index >= 15 is 0 Å². The van der Waals surface area contributed by atoms with Gasteiger partial charge in [0.05, 0.1) is 16.2 Å². The lowest BCUT2D eigenvalue weighted by atomic mass is 9.86. The maximum Gasteiger partial charge on any atom is 0.143 e. The molecule has 0 bridgehead atoms. The van der Waals surface area contributed by atoms with Gasteiger partial charge >= 0.3 is 0 Å². The van der Waals surface area contributed by atoms with Crippen molar-refractivity contribution in [1.29, 1.82) is 0 Å². The minimum atomic E-state index is 0.136. The highest BCUT2D eigenvalue weighted by molar-refractivity contribution is 7.14. The van der Waals surface area contributed by atoms with E-state index in [1.807, 2.05) is 12.3 Å². The molecule has 2 rings (SSSR count). The van der Waals surface area contributed by atoms with Crippen molar-refractivity contribution in [2.75, 3.05) is 7.05 Å². The van der Waals surface area contributed by atoms with Gasteiger partial charge in [-0.2, -0.15) is 5.10 Å². The molecular weight excluding hydrogens is 280 g/mol. The summed E-state index contributed by atoms with van der Waals surface area (Å²) in [5.41, 5.74) is 6.77. The second-order valence-electron chi connectivity index (χ2n) is 6.08. The van der Waals surface area contributed by atoms with Crippen molar-refractivity contribution in [1.82, 2.24) is 5.43 Å². The number of benzene rings is 1. The molecule has 1 aromatic heterocycles. The predicted octanol–water partition coefficient (Wildman–Crippen LogP) is 4.36. The summed E-state index contributed by atoms with van der Waals surface area (Å²) in [6, 6.07) is 8.40. The Morgan fingerprint density at radius 3 is 2.33 bits per heavy atom. The van der Waals surface area contributed by atoms with Crippen LogP contribution in [0.3, 0.4) is 0 Å². The van der Waals surface area contributed by atoms with E-state index < -0.39 is 0 Å². The Balaban J connectivity index is 2.38. The number of hydrogen-bond donors (Lipinski definition) is 2. The molecule has 0 radical (unpaired) electrons. The summed E-state index contributed by atoms with van der Waals surface area (Å²) in [4.78, 5) is 0.885. The molecule has 0 saturated carbocycles. The Morgan fingerprint density at radius 1 is 1.19 bits per heavy atom. The highest BCUT2D eigenvalue weighted by Crippen LogP contribution is 2.39. The molecule has 0 aliphatic rings. The van der Waals surface area contributed by atoms with Gasteiger partial charge in [0.2, 0.25) is 0 Å². The molecule has 0 aliphatic carbocycles. The Bertz CT molecular complexity index is 648. The standard InChI is InChI=1S/C17H22N2OS/c1-11(19-18-5)14-10-21-16(15(14)20)12-6-8-13(9-7-12)17(2,3)4/h6-10,18,20H,1-5H3. The molecule has 1 aromatic carbocycles. The SMILES string of the molecule is CNN=C(C)c1csc(-c2ccc(C(C)(C)C)cc2)c1O. The molecule has 0 fully saturated rings. The summed E-state index contributed by atoms with van der Waals surface area (Å²) < 4.78 is 0. The zero-order valence-electron chi connectivity index (χ0n) is 13.2. The molecule has 2 aromatic rings. The van der Waals surface area contributed by atoms with Crippen molar-refractivity contribution < 1.29 is 5.11 Å². The third-order valence-electron chi connectivity index (χ3n) is 3.45. The van der Waals surface area contributed by atoms with Gasteiger partial charge in [0.1, 0.15) is 5.75 Å². The molecule has 0 aliphatic heterocycles. The minimum absolute atomic E-state index is 0.136. The molecule has 4 heteroatoms. The lowest BCUT2D eigenvalue weighted by Gasteiger charge is -2.19. The first-order chi connectivity index (χ1) is 9.84.